The van der Waals surface area contributed by atoms with Crippen molar-refractivity contribution in [1.29, 1.82) is 0 Å². The molecule has 1 aromatic carbocycles. The standard InChI is InChI=1S/C27H32N6O4S/c1-18(34)33-10-8-32(9-11-33)7-6-22-21(15-29-31-22)23-17-38-24(30-23)16-28-26(37)27(14-25(35)36)12-19-4-2-3-5-20(19)13-27/h2-5,15,17H,6-14,16H2,1H3,(H,28,37)(H,29,31)(H,35,36). The third-order valence-corrected chi connectivity index (χ3v) is 8.44. The number of benzene rings is 1. The second-order valence-corrected chi connectivity index (χ2v) is 11.1. The van der Waals surface area contributed by atoms with Crippen molar-refractivity contribution in [2.45, 2.75) is 39.2 Å². The molecule has 0 unspecified atom stereocenters. The van der Waals surface area contributed by atoms with Crippen molar-refractivity contribution in [3.05, 3.63) is 57.7 Å². The Morgan fingerprint density at radius 1 is 1.13 bits per heavy atom. The van der Waals surface area contributed by atoms with Crippen molar-refractivity contribution in [1.82, 2.24) is 30.3 Å². The molecule has 1 saturated heterocycles. The minimum Gasteiger partial charge on any atom is -0.481 e. The Morgan fingerprint density at radius 2 is 1.84 bits per heavy atom. The van der Waals surface area contributed by atoms with E-state index in [1.165, 1.54) is 11.3 Å². The first kappa shape index (κ1) is 26.1. The molecule has 10 nitrogen and oxygen atoms in total. The predicted molar refractivity (Wildman–Crippen MR) is 142 cm³/mol. The molecule has 2 amide bonds. The smallest absolute Gasteiger partial charge is 0.304 e. The highest BCUT2D eigenvalue weighted by Crippen LogP contribution is 2.40. The van der Waals surface area contributed by atoms with Gasteiger partial charge in [0.05, 0.1) is 30.3 Å². The summed E-state index contributed by atoms with van der Waals surface area (Å²) in [5.74, 6) is -1.10. The number of carbonyl (C=O) groups excluding carboxylic acids is 2. The quantitative estimate of drug-likeness (QED) is 0.382. The van der Waals surface area contributed by atoms with Crippen LogP contribution >= 0.6 is 11.3 Å². The first-order valence-electron chi connectivity index (χ1n) is 12.8. The summed E-state index contributed by atoms with van der Waals surface area (Å²) in [6.07, 6.45) is 3.20. The van der Waals surface area contributed by atoms with Crippen LogP contribution in [0.1, 0.15) is 35.2 Å². The molecule has 38 heavy (non-hydrogen) atoms. The molecule has 0 radical (unpaired) electrons. The van der Waals surface area contributed by atoms with Crippen molar-refractivity contribution in [3.63, 3.8) is 0 Å². The number of nitrogens with zero attached hydrogens (tertiary/aromatic N) is 4. The normalized spacial score (nSPS) is 16.8. The first-order valence-corrected chi connectivity index (χ1v) is 13.7. The number of hydrogen-bond donors (Lipinski definition) is 3. The number of carbonyl (C=O) groups is 3. The highest BCUT2D eigenvalue weighted by molar-refractivity contribution is 7.09. The topological polar surface area (TPSA) is 132 Å². The number of rotatable bonds is 9. The second kappa shape index (κ2) is 11.0. The molecule has 2 aromatic heterocycles. The van der Waals surface area contributed by atoms with Gasteiger partial charge in [0.2, 0.25) is 11.8 Å². The van der Waals surface area contributed by atoms with E-state index in [9.17, 15) is 19.5 Å². The molecule has 200 valence electrons. The summed E-state index contributed by atoms with van der Waals surface area (Å²) >= 11 is 1.46. The summed E-state index contributed by atoms with van der Waals surface area (Å²) < 4.78 is 0. The number of nitrogens with one attached hydrogen (secondary N) is 2. The van der Waals surface area contributed by atoms with Gasteiger partial charge < -0.3 is 15.3 Å². The predicted octanol–water partition coefficient (Wildman–Crippen LogP) is 2.12. The SMILES string of the molecule is CC(=O)N1CCN(CCc2[nH]ncc2-c2csc(CNC(=O)C3(CC(=O)O)Cc4ccccc4C3)n2)CC1. The van der Waals surface area contributed by atoms with Crippen LogP contribution in [0.2, 0.25) is 0 Å². The summed E-state index contributed by atoms with van der Waals surface area (Å²) in [5.41, 5.74) is 3.84. The fourth-order valence-electron chi connectivity index (χ4n) is 5.49. The fourth-order valence-corrected chi connectivity index (χ4v) is 6.22. The van der Waals surface area contributed by atoms with Gasteiger partial charge in [0.15, 0.2) is 0 Å². The lowest BCUT2D eigenvalue weighted by molar-refractivity contribution is -0.145. The maximum atomic E-state index is 13.3. The number of carboxylic acids is 1. The molecule has 0 bridgehead atoms. The maximum absolute atomic E-state index is 13.3. The van der Waals surface area contributed by atoms with Gasteiger partial charge in [-0.15, -0.1) is 11.3 Å². The number of thiazole rings is 1. The molecule has 1 aliphatic heterocycles. The lowest BCUT2D eigenvalue weighted by Crippen LogP contribution is -2.48. The number of aromatic amines is 1. The number of aromatic nitrogens is 3. The van der Waals surface area contributed by atoms with E-state index in [0.29, 0.717) is 12.8 Å². The Labute approximate surface area is 225 Å². The molecule has 1 fully saturated rings. The summed E-state index contributed by atoms with van der Waals surface area (Å²) in [4.78, 5) is 45.4. The van der Waals surface area contributed by atoms with Gasteiger partial charge in [-0.3, -0.25) is 24.4 Å². The largest absolute Gasteiger partial charge is 0.481 e. The van der Waals surface area contributed by atoms with Crippen LogP contribution < -0.4 is 5.32 Å². The van der Waals surface area contributed by atoms with Crippen molar-refractivity contribution in [2.24, 2.45) is 5.41 Å². The molecular formula is C27H32N6O4S. The number of amides is 2. The fraction of sp³-hybridized carbons (Fsp3) is 0.444. The van der Waals surface area contributed by atoms with Crippen LogP contribution in [0.4, 0.5) is 0 Å². The number of carboxylic acid groups (broad SMARTS) is 1. The van der Waals surface area contributed by atoms with E-state index in [2.05, 4.69) is 20.4 Å². The maximum Gasteiger partial charge on any atom is 0.304 e. The Morgan fingerprint density at radius 3 is 2.50 bits per heavy atom. The summed E-state index contributed by atoms with van der Waals surface area (Å²) in [5, 5.41) is 22.5. The van der Waals surface area contributed by atoms with E-state index in [0.717, 1.165) is 72.2 Å². The van der Waals surface area contributed by atoms with Gasteiger partial charge in [0, 0.05) is 62.7 Å². The molecule has 3 heterocycles. The minimum absolute atomic E-state index is 0.126. The van der Waals surface area contributed by atoms with Crippen molar-refractivity contribution in [2.75, 3.05) is 32.7 Å². The van der Waals surface area contributed by atoms with Crippen LogP contribution in [0.5, 0.6) is 0 Å². The molecule has 0 spiro atoms. The zero-order chi connectivity index (χ0) is 26.7. The number of piperazine rings is 1. The lowest BCUT2D eigenvalue weighted by Gasteiger charge is -2.34. The van der Waals surface area contributed by atoms with Gasteiger partial charge in [-0.1, -0.05) is 24.3 Å². The number of aliphatic carboxylic acids is 1. The molecule has 0 saturated carbocycles. The Hall–Kier alpha value is -3.57. The van der Waals surface area contributed by atoms with Crippen LogP contribution in [0, 0.1) is 5.41 Å². The molecule has 3 N–H and O–H groups in total. The van der Waals surface area contributed by atoms with Crippen LogP contribution in [-0.4, -0.2) is 80.6 Å². The molecule has 1 aliphatic carbocycles. The molecule has 0 atom stereocenters. The highest BCUT2D eigenvalue weighted by Gasteiger charge is 2.45. The van der Waals surface area contributed by atoms with E-state index < -0.39 is 11.4 Å². The monoisotopic (exact) mass is 536 g/mol. The molecule has 2 aliphatic rings. The molecule has 3 aromatic rings. The summed E-state index contributed by atoms with van der Waals surface area (Å²) in [6, 6.07) is 7.77. The van der Waals surface area contributed by atoms with E-state index in [4.69, 9.17) is 4.98 Å². The molecular weight excluding hydrogens is 504 g/mol. The minimum atomic E-state index is -0.983. The van der Waals surface area contributed by atoms with Crippen LogP contribution in [0.15, 0.2) is 35.8 Å². The Balaban J connectivity index is 1.19. The third-order valence-electron chi connectivity index (χ3n) is 7.59. The Kier molecular flexibility index (Phi) is 7.57. The highest BCUT2D eigenvalue weighted by atomic mass is 32.1. The third kappa shape index (κ3) is 5.63. The van der Waals surface area contributed by atoms with E-state index in [1.54, 1.807) is 13.1 Å². The van der Waals surface area contributed by atoms with Gasteiger partial charge in [-0.25, -0.2) is 4.98 Å². The molecule has 11 heteroatoms. The van der Waals surface area contributed by atoms with Crippen LogP contribution in [-0.2, 0) is 40.2 Å². The lowest BCUT2D eigenvalue weighted by atomic mass is 9.80. The van der Waals surface area contributed by atoms with E-state index in [-0.39, 0.29) is 24.8 Å². The summed E-state index contributed by atoms with van der Waals surface area (Å²) in [6.45, 7) is 5.95. The van der Waals surface area contributed by atoms with Gasteiger partial charge in [-0.2, -0.15) is 5.10 Å². The number of fused-ring (bicyclic) bond motifs is 1. The van der Waals surface area contributed by atoms with Gasteiger partial charge in [0.25, 0.3) is 0 Å². The first-order chi connectivity index (χ1) is 18.3. The van der Waals surface area contributed by atoms with E-state index in [1.807, 2.05) is 34.5 Å². The number of H-pyrrole nitrogens is 1. The summed E-state index contributed by atoms with van der Waals surface area (Å²) in [7, 11) is 0. The van der Waals surface area contributed by atoms with Crippen LogP contribution in [0.25, 0.3) is 11.3 Å². The average molecular weight is 537 g/mol. The molecule has 5 rings (SSSR count). The average Bonchev–Trinajstić information content (AvgIpc) is 3.64. The second-order valence-electron chi connectivity index (χ2n) is 10.1. The van der Waals surface area contributed by atoms with Crippen LogP contribution in [0.3, 0.4) is 0 Å². The Bertz CT molecular complexity index is 1300. The number of hydrogen-bond acceptors (Lipinski definition) is 7. The van der Waals surface area contributed by atoms with Gasteiger partial charge in [-0.05, 0) is 24.0 Å². The van der Waals surface area contributed by atoms with E-state index >= 15 is 0 Å². The van der Waals surface area contributed by atoms with Crippen molar-refractivity contribution < 1.29 is 19.5 Å². The van der Waals surface area contributed by atoms with Crippen molar-refractivity contribution in [3.8, 4) is 11.3 Å². The zero-order valence-corrected chi connectivity index (χ0v) is 22.2. The van der Waals surface area contributed by atoms with Gasteiger partial charge >= 0.3 is 5.97 Å². The zero-order valence-electron chi connectivity index (χ0n) is 21.4. The van der Waals surface area contributed by atoms with Gasteiger partial charge in [0.1, 0.15) is 5.01 Å². The van der Waals surface area contributed by atoms with Crippen molar-refractivity contribution >= 4 is 29.1 Å².